The first-order valence-electron chi connectivity index (χ1n) is 5.11. The molecule has 16 heavy (non-hydrogen) atoms. The highest BCUT2D eigenvalue weighted by atomic mass is 127. The third kappa shape index (κ3) is 2.75. The quantitative estimate of drug-likeness (QED) is 0.807. The van der Waals surface area contributed by atoms with Gasteiger partial charge in [-0.25, -0.2) is 0 Å². The average molecular weight is 328 g/mol. The number of para-hydroxylation sites is 1. The Morgan fingerprint density at radius 3 is 2.81 bits per heavy atom. The van der Waals surface area contributed by atoms with Crippen molar-refractivity contribution in [3.8, 4) is 5.75 Å². The Labute approximate surface area is 109 Å². The fourth-order valence-corrected chi connectivity index (χ4v) is 2.02. The van der Waals surface area contributed by atoms with E-state index in [1.54, 1.807) is 0 Å². The lowest BCUT2D eigenvalue weighted by Gasteiger charge is -2.07. The Kier molecular flexibility index (Phi) is 3.82. The molecule has 0 radical (unpaired) electrons. The Morgan fingerprint density at radius 2 is 2.12 bits per heavy atom. The number of nitrogens with zero attached hydrogens (tertiary/aromatic N) is 2. The van der Waals surface area contributed by atoms with E-state index in [9.17, 15) is 0 Å². The van der Waals surface area contributed by atoms with Crippen molar-refractivity contribution < 1.29 is 4.74 Å². The molecule has 4 heteroatoms. The van der Waals surface area contributed by atoms with Gasteiger partial charge >= 0.3 is 0 Å². The van der Waals surface area contributed by atoms with Crippen molar-refractivity contribution in [2.75, 3.05) is 6.61 Å². The van der Waals surface area contributed by atoms with E-state index in [-0.39, 0.29) is 0 Å². The van der Waals surface area contributed by atoms with Crippen LogP contribution in [0.3, 0.4) is 0 Å². The lowest BCUT2D eigenvalue weighted by Crippen LogP contribution is -2.06. The van der Waals surface area contributed by atoms with Crippen molar-refractivity contribution >= 4 is 22.6 Å². The van der Waals surface area contributed by atoms with E-state index in [4.69, 9.17) is 4.74 Å². The Morgan fingerprint density at radius 1 is 1.31 bits per heavy atom. The SMILES string of the molecule is Cn1nccc1CCOc1ccccc1I. The fourth-order valence-electron chi connectivity index (χ4n) is 1.47. The Bertz CT molecular complexity index is 468. The molecule has 0 amide bonds. The first-order valence-corrected chi connectivity index (χ1v) is 6.19. The molecule has 0 aliphatic heterocycles. The smallest absolute Gasteiger partial charge is 0.132 e. The predicted octanol–water partition coefficient (Wildman–Crippen LogP) is 2.65. The van der Waals surface area contributed by atoms with Gasteiger partial charge in [-0.2, -0.15) is 5.10 Å². The molecule has 0 fully saturated rings. The monoisotopic (exact) mass is 328 g/mol. The van der Waals surface area contributed by atoms with Crippen molar-refractivity contribution in [1.29, 1.82) is 0 Å². The van der Waals surface area contributed by atoms with Gasteiger partial charge < -0.3 is 4.74 Å². The molecule has 1 heterocycles. The Hall–Kier alpha value is -1.04. The molecule has 84 valence electrons. The molecule has 0 aliphatic carbocycles. The molecule has 1 aromatic carbocycles. The molecule has 0 N–H and O–H groups in total. The number of aryl methyl sites for hydroxylation is 1. The molecule has 2 rings (SSSR count). The fraction of sp³-hybridized carbons (Fsp3) is 0.250. The van der Waals surface area contributed by atoms with Crippen LogP contribution in [0.5, 0.6) is 5.75 Å². The van der Waals surface area contributed by atoms with Crippen LogP contribution in [0, 0.1) is 3.57 Å². The minimum atomic E-state index is 0.680. The van der Waals surface area contributed by atoms with Crippen LogP contribution in [0.1, 0.15) is 5.69 Å². The molecule has 0 saturated heterocycles. The van der Waals surface area contributed by atoms with Crippen molar-refractivity contribution in [2.24, 2.45) is 7.05 Å². The highest BCUT2D eigenvalue weighted by molar-refractivity contribution is 14.1. The summed E-state index contributed by atoms with van der Waals surface area (Å²) in [4.78, 5) is 0. The zero-order chi connectivity index (χ0) is 11.4. The lowest BCUT2D eigenvalue weighted by atomic mass is 10.3. The molecule has 0 bridgehead atoms. The number of halogens is 1. The van der Waals surface area contributed by atoms with Crippen LogP contribution in [-0.2, 0) is 13.5 Å². The van der Waals surface area contributed by atoms with Gasteiger partial charge in [-0.3, -0.25) is 4.68 Å². The first-order chi connectivity index (χ1) is 7.77. The molecule has 0 aliphatic rings. The van der Waals surface area contributed by atoms with E-state index in [0.29, 0.717) is 6.61 Å². The van der Waals surface area contributed by atoms with Gasteiger partial charge in [-0.15, -0.1) is 0 Å². The lowest BCUT2D eigenvalue weighted by molar-refractivity contribution is 0.316. The Balaban J connectivity index is 1.89. The molecule has 0 unspecified atom stereocenters. The summed E-state index contributed by atoms with van der Waals surface area (Å²) < 4.78 is 8.73. The zero-order valence-corrected chi connectivity index (χ0v) is 11.2. The van der Waals surface area contributed by atoms with E-state index in [2.05, 4.69) is 27.7 Å². The first kappa shape index (κ1) is 11.4. The summed E-state index contributed by atoms with van der Waals surface area (Å²) in [5.74, 6) is 0.949. The predicted molar refractivity (Wildman–Crippen MR) is 71.6 cm³/mol. The number of benzene rings is 1. The number of rotatable bonds is 4. The van der Waals surface area contributed by atoms with Gasteiger partial charge in [0.2, 0.25) is 0 Å². The molecular formula is C12H13IN2O. The van der Waals surface area contributed by atoms with Crippen molar-refractivity contribution in [1.82, 2.24) is 9.78 Å². The summed E-state index contributed by atoms with van der Waals surface area (Å²) >= 11 is 2.28. The molecule has 3 nitrogen and oxygen atoms in total. The van der Waals surface area contributed by atoms with E-state index < -0.39 is 0 Å². The van der Waals surface area contributed by atoms with Gasteiger partial charge in [-0.1, -0.05) is 12.1 Å². The topological polar surface area (TPSA) is 27.1 Å². The van der Waals surface area contributed by atoms with Gasteiger partial charge in [0.15, 0.2) is 0 Å². The van der Waals surface area contributed by atoms with Gasteiger partial charge in [-0.05, 0) is 40.8 Å². The minimum absolute atomic E-state index is 0.680. The summed E-state index contributed by atoms with van der Waals surface area (Å²) in [5.41, 5.74) is 1.19. The number of hydrogen-bond acceptors (Lipinski definition) is 2. The van der Waals surface area contributed by atoms with E-state index in [1.807, 2.05) is 48.3 Å². The number of hydrogen-bond donors (Lipinski definition) is 0. The van der Waals surface area contributed by atoms with Crippen LogP contribution in [0.2, 0.25) is 0 Å². The molecule has 1 aromatic heterocycles. The second-order valence-corrected chi connectivity index (χ2v) is 4.64. The van der Waals surface area contributed by atoms with Crippen molar-refractivity contribution in [3.63, 3.8) is 0 Å². The van der Waals surface area contributed by atoms with E-state index in [1.165, 1.54) is 5.69 Å². The van der Waals surface area contributed by atoms with Crippen LogP contribution >= 0.6 is 22.6 Å². The third-order valence-corrected chi connectivity index (χ3v) is 3.27. The highest BCUT2D eigenvalue weighted by Gasteiger charge is 2.01. The minimum Gasteiger partial charge on any atom is -0.492 e. The van der Waals surface area contributed by atoms with Gasteiger partial charge in [0.25, 0.3) is 0 Å². The van der Waals surface area contributed by atoms with Crippen LogP contribution < -0.4 is 4.74 Å². The highest BCUT2D eigenvalue weighted by Crippen LogP contribution is 2.19. The number of aromatic nitrogens is 2. The molecule has 0 atom stereocenters. The maximum Gasteiger partial charge on any atom is 0.132 e. The van der Waals surface area contributed by atoms with Gasteiger partial charge in [0, 0.05) is 25.4 Å². The second-order valence-electron chi connectivity index (χ2n) is 3.48. The molecule has 2 aromatic rings. The largest absolute Gasteiger partial charge is 0.492 e. The molecule has 0 saturated carbocycles. The normalized spacial score (nSPS) is 10.4. The zero-order valence-electron chi connectivity index (χ0n) is 9.06. The summed E-state index contributed by atoms with van der Waals surface area (Å²) in [6.07, 6.45) is 2.68. The summed E-state index contributed by atoms with van der Waals surface area (Å²) in [6.45, 7) is 0.680. The van der Waals surface area contributed by atoms with Gasteiger partial charge in [0.1, 0.15) is 5.75 Å². The van der Waals surface area contributed by atoms with Crippen LogP contribution in [0.4, 0.5) is 0 Å². The van der Waals surface area contributed by atoms with Crippen LogP contribution in [0.25, 0.3) is 0 Å². The van der Waals surface area contributed by atoms with Gasteiger partial charge in [0.05, 0.1) is 10.2 Å². The maximum atomic E-state index is 5.72. The summed E-state index contributed by atoms with van der Waals surface area (Å²) in [5, 5.41) is 4.12. The third-order valence-electron chi connectivity index (χ3n) is 2.37. The molecular weight excluding hydrogens is 315 g/mol. The van der Waals surface area contributed by atoms with Crippen LogP contribution in [-0.4, -0.2) is 16.4 Å². The molecule has 0 spiro atoms. The standard InChI is InChI=1S/C12H13IN2O/c1-15-10(6-8-14-15)7-9-16-12-5-3-2-4-11(12)13/h2-6,8H,7,9H2,1H3. The van der Waals surface area contributed by atoms with E-state index in [0.717, 1.165) is 15.7 Å². The maximum absolute atomic E-state index is 5.72. The van der Waals surface area contributed by atoms with E-state index >= 15 is 0 Å². The second kappa shape index (κ2) is 5.34. The average Bonchev–Trinajstić information content (AvgIpc) is 2.67. The summed E-state index contributed by atoms with van der Waals surface area (Å²) in [7, 11) is 1.95. The van der Waals surface area contributed by atoms with Crippen molar-refractivity contribution in [2.45, 2.75) is 6.42 Å². The van der Waals surface area contributed by atoms with Crippen LogP contribution in [0.15, 0.2) is 36.5 Å². The summed E-state index contributed by atoms with van der Waals surface area (Å²) in [6, 6.07) is 10.0. The number of ether oxygens (including phenoxy) is 1. The van der Waals surface area contributed by atoms with Crippen molar-refractivity contribution in [3.05, 3.63) is 45.8 Å².